The van der Waals surface area contributed by atoms with Crippen LogP contribution in [0.5, 0.6) is 0 Å². The van der Waals surface area contributed by atoms with E-state index in [0.29, 0.717) is 0 Å². The molecule has 0 aromatic rings. The lowest BCUT2D eigenvalue weighted by atomic mass is 10.2. The van der Waals surface area contributed by atoms with Crippen LogP contribution >= 0.6 is 0 Å². The summed E-state index contributed by atoms with van der Waals surface area (Å²) in [6, 6.07) is 0. The Hall–Kier alpha value is -0.760. The fourth-order valence-corrected chi connectivity index (χ4v) is 0.695. The summed E-state index contributed by atoms with van der Waals surface area (Å²) in [5, 5.41) is -4.93. The molecular formula is C6H10F2O5S. The number of carbonyl (C=O) groups is 1. The van der Waals surface area contributed by atoms with E-state index in [-0.39, 0.29) is 0 Å². The van der Waals surface area contributed by atoms with Gasteiger partial charge in [0.05, 0.1) is 0 Å². The highest BCUT2D eigenvalue weighted by atomic mass is 32.2. The van der Waals surface area contributed by atoms with Crippen molar-refractivity contribution in [2.24, 2.45) is 0 Å². The van der Waals surface area contributed by atoms with Gasteiger partial charge in [-0.3, -0.25) is 4.55 Å². The lowest BCUT2D eigenvalue weighted by Crippen LogP contribution is -2.42. The van der Waals surface area contributed by atoms with Gasteiger partial charge in [0, 0.05) is 0 Å². The third-order valence-electron chi connectivity index (χ3n) is 0.960. The molecular weight excluding hydrogens is 222 g/mol. The Bertz CT molecular complexity index is 327. The summed E-state index contributed by atoms with van der Waals surface area (Å²) in [5.41, 5.74) is -1.26. The summed E-state index contributed by atoms with van der Waals surface area (Å²) < 4.78 is 57.4. The molecule has 5 nitrogen and oxygen atoms in total. The van der Waals surface area contributed by atoms with Crippen LogP contribution in [0.2, 0.25) is 0 Å². The summed E-state index contributed by atoms with van der Waals surface area (Å²) in [6.07, 6.45) is 0. The lowest BCUT2D eigenvalue weighted by Gasteiger charge is -2.21. The SMILES string of the molecule is CC(C)(C)OC(=O)C(F)(F)S(=O)(=O)O. The number of halogens is 2. The molecule has 0 aliphatic heterocycles. The van der Waals surface area contributed by atoms with E-state index in [4.69, 9.17) is 4.55 Å². The first-order valence-corrected chi connectivity index (χ1v) is 4.90. The maximum absolute atomic E-state index is 12.5. The highest BCUT2D eigenvalue weighted by Crippen LogP contribution is 2.24. The topological polar surface area (TPSA) is 80.7 Å². The fraction of sp³-hybridized carbons (Fsp3) is 0.833. The van der Waals surface area contributed by atoms with E-state index in [9.17, 15) is 22.0 Å². The number of rotatable bonds is 2. The molecule has 0 radical (unpaired) electrons. The minimum Gasteiger partial charge on any atom is -0.455 e. The van der Waals surface area contributed by atoms with Gasteiger partial charge in [-0.1, -0.05) is 0 Å². The number of hydrogen-bond donors (Lipinski definition) is 1. The molecule has 14 heavy (non-hydrogen) atoms. The van der Waals surface area contributed by atoms with Crippen molar-refractivity contribution >= 4 is 16.1 Å². The van der Waals surface area contributed by atoms with Gasteiger partial charge in [0.25, 0.3) is 0 Å². The van der Waals surface area contributed by atoms with E-state index in [2.05, 4.69) is 4.74 Å². The molecule has 0 atom stereocenters. The van der Waals surface area contributed by atoms with E-state index in [1.54, 1.807) is 0 Å². The molecule has 0 aromatic heterocycles. The maximum atomic E-state index is 12.5. The Morgan fingerprint density at radius 1 is 1.29 bits per heavy atom. The molecule has 0 fully saturated rings. The quantitative estimate of drug-likeness (QED) is 0.562. The Morgan fingerprint density at radius 3 is 1.86 bits per heavy atom. The average Bonchev–Trinajstić information content (AvgIpc) is 1.80. The number of ether oxygens (including phenoxy) is 1. The van der Waals surface area contributed by atoms with Crippen LogP contribution in [0.3, 0.4) is 0 Å². The van der Waals surface area contributed by atoms with Crippen molar-refractivity contribution in [3.8, 4) is 0 Å². The van der Waals surface area contributed by atoms with Crippen molar-refractivity contribution in [1.29, 1.82) is 0 Å². The zero-order valence-electron chi connectivity index (χ0n) is 7.74. The molecule has 8 heteroatoms. The van der Waals surface area contributed by atoms with E-state index < -0.39 is 26.9 Å². The minimum atomic E-state index is -5.78. The number of hydrogen-bond acceptors (Lipinski definition) is 4. The minimum absolute atomic E-state index is 1.26. The Balaban J connectivity index is 4.89. The van der Waals surface area contributed by atoms with Crippen LogP contribution in [0, 0.1) is 0 Å². The van der Waals surface area contributed by atoms with Crippen LogP contribution in [-0.4, -0.2) is 29.8 Å². The third-order valence-corrected chi connectivity index (χ3v) is 1.78. The van der Waals surface area contributed by atoms with E-state index in [1.165, 1.54) is 20.8 Å². The van der Waals surface area contributed by atoms with Crippen molar-refractivity contribution in [3.63, 3.8) is 0 Å². The first kappa shape index (κ1) is 13.2. The summed E-state index contributed by atoms with van der Waals surface area (Å²) in [5.74, 6) is -2.30. The smallest absolute Gasteiger partial charge is 0.455 e. The Kier molecular flexibility index (Phi) is 3.24. The molecule has 0 saturated carbocycles. The van der Waals surface area contributed by atoms with E-state index in [1.807, 2.05) is 0 Å². The van der Waals surface area contributed by atoms with Crippen molar-refractivity contribution < 1.29 is 31.3 Å². The Morgan fingerprint density at radius 2 is 1.64 bits per heavy atom. The molecule has 0 heterocycles. The predicted molar refractivity (Wildman–Crippen MR) is 42.3 cm³/mol. The van der Waals surface area contributed by atoms with Gasteiger partial charge < -0.3 is 4.74 Å². The number of esters is 1. The van der Waals surface area contributed by atoms with Gasteiger partial charge in [0.15, 0.2) is 0 Å². The molecule has 0 aliphatic carbocycles. The maximum Gasteiger partial charge on any atom is 0.465 e. The Labute approximate surface area is 79.8 Å². The molecule has 0 aliphatic rings. The summed E-state index contributed by atoms with van der Waals surface area (Å²) in [4.78, 5) is 10.6. The van der Waals surface area contributed by atoms with Crippen molar-refractivity contribution in [3.05, 3.63) is 0 Å². The predicted octanol–water partition coefficient (Wildman–Crippen LogP) is 0.809. The highest BCUT2D eigenvalue weighted by Gasteiger charge is 2.55. The lowest BCUT2D eigenvalue weighted by molar-refractivity contribution is -0.173. The van der Waals surface area contributed by atoms with Gasteiger partial charge in [0.2, 0.25) is 0 Å². The second-order valence-electron chi connectivity index (χ2n) is 3.49. The molecule has 0 spiro atoms. The van der Waals surface area contributed by atoms with Gasteiger partial charge in [-0.05, 0) is 20.8 Å². The zero-order valence-corrected chi connectivity index (χ0v) is 8.56. The molecule has 84 valence electrons. The normalized spacial score (nSPS) is 13.9. The van der Waals surface area contributed by atoms with E-state index in [0.717, 1.165) is 0 Å². The van der Waals surface area contributed by atoms with Crippen molar-refractivity contribution in [2.75, 3.05) is 0 Å². The van der Waals surface area contributed by atoms with Gasteiger partial charge in [-0.25, -0.2) is 4.79 Å². The van der Waals surface area contributed by atoms with Gasteiger partial charge in [-0.15, -0.1) is 0 Å². The van der Waals surface area contributed by atoms with Crippen molar-refractivity contribution in [2.45, 2.75) is 31.6 Å². The van der Waals surface area contributed by atoms with Crippen LogP contribution in [-0.2, 0) is 19.6 Å². The average molecular weight is 232 g/mol. The first-order chi connectivity index (χ1) is 5.88. The fourth-order valence-electron chi connectivity index (χ4n) is 0.443. The molecule has 0 bridgehead atoms. The number of alkyl halides is 2. The van der Waals surface area contributed by atoms with Crippen LogP contribution in [0.15, 0.2) is 0 Å². The van der Waals surface area contributed by atoms with Crippen LogP contribution in [0.25, 0.3) is 0 Å². The van der Waals surface area contributed by atoms with Crippen LogP contribution < -0.4 is 0 Å². The second-order valence-corrected chi connectivity index (χ2v) is 4.96. The van der Waals surface area contributed by atoms with Crippen molar-refractivity contribution in [1.82, 2.24) is 0 Å². The van der Waals surface area contributed by atoms with Gasteiger partial charge >= 0.3 is 21.3 Å². The monoisotopic (exact) mass is 232 g/mol. The standard InChI is InChI=1S/C6H10F2O5S/c1-5(2,3)13-4(9)6(7,8)14(10,11)12/h1-3H3,(H,10,11,12). The van der Waals surface area contributed by atoms with E-state index >= 15 is 0 Å². The van der Waals surface area contributed by atoms with Crippen LogP contribution in [0.1, 0.15) is 20.8 Å². The highest BCUT2D eigenvalue weighted by molar-refractivity contribution is 7.87. The molecule has 0 rings (SSSR count). The molecule has 1 N–H and O–H groups in total. The second kappa shape index (κ2) is 3.43. The number of carbonyl (C=O) groups excluding carboxylic acids is 1. The largest absolute Gasteiger partial charge is 0.465 e. The summed E-state index contributed by atoms with van der Waals surface area (Å²) in [7, 11) is -5.78. The molecule has 0 aromatic carbocycles. The summed E-state index contributed by atoms with van der Waals surface area (Å²) >= 11 is 0. The van der Waals surface area contributed by atoms with Gasteiger partial charge in [0.1, 0.15) is 5.60 Å². The molecule has 0 unspecified atom stereocenters. The molecule has 0 amide bonds. The molecule has 0 saturated heterocycles. The summed E-state index contributed by atoms with van der Waals surface area (Å²) in [6.45, 7) is 3.85. The first-order valence-electron chi connectivity index (χ1n) is 3.46. The van der Waals surface area contributed by atoms with Crippen LogP contribution in [0.4, 0.5) is 8.78 Å². The zero-order chi connectivity index (χ0) is 11.8. The van der Waals surface area contributed by atoms with Gasteiger partial charge in [-0.2, -0.15) is 17.2 Å². The third kappa shape index (κ3) is 3.18.